The fourth-order valence-corrected chi connectivity index (χ4v) is 4.21. The topological polar surface area (TPSA) is 0 Å². The van der Waals surface area contributed by atoms with Gasteiger partial charge in [-0.3, -0.25) is 0 Å². The van der Waals surface area contributed by atoms with E-state index in [0.717, 1.165) is 19.3 Å². The molecular weight excluding hydrogens is 300 g/mol. The fraction of sp³-hybridized carbons (Fsp3) is 0.200. The van der Waals surface area contributed by atoms with Crippen LogP contribution in [-0.4, -0.2) is 0 Å². The fourth-order valence-electron chi connectivity index (χ4n) is 4.21. The van der Waals surface area contributed by atoms with Crippen molar-refractivity contribution >= 4 is 11.6 Å². The Balaban J connectivity index is 1.57. The van der Waals surface area contributed by atoms with E-state index in [1.54, 1.807) is 0 Å². The number of fused-ring (bicyclic) bond motifs is 1. The minimum atomic E-state index is 0.936. The summed E-state index contributed by atoms with van der Waals surface area (Å²) in [6, 6.07) is 15.2. The average molecular weight is 324 g/mol. The van der Waals surface area contributed by atoms with Crippen LogP contribution in [0.2, 0.25) is 0 Å². The van der Waals surface area contributed by atoms with Crippen LogP contribution < -0.4 is 0 Å². The van der Waals surface area contributed by atoms with Crippen molar-refractivity contribution in [3.63, 3.8) is 0 Å². The predicted molar refractivity (Wildman–Crippen MR) is 108 cm³/mol. The van der Waals surface area contributed by atoms with Gasteiger partial charge in [-0.25, -0.2) is 0 Å². The molecule has 2 aliphatic carbocycles. The second-order valence-electron chi connectivity index (χ2n) is 7.18. The molecule has 0 fully saturated rings. The molecule has 0 aromatic heterocycles. The molecule has 0 atom stereocenters. The van der Waals surface area contributed by atoms with Gasteiger partial charge in [-0.2, -0.15) is 0 Å². The maximum absolute atomic E-state index is 4.42. The third-order valence-electron chi connectivity index (χ3n) is 5.38. The summed E-state index contributed by atoms with van der Waals surface area (Å²) in [6.07, 6.45) is 10.1. The minimum absolute atomic E-state index is 0.936. The summed E-state index contributed by atoms with van der Waals surface area (Å²) in [4.78, 5) is 0. The van der Waals surface area contributed by atoms with Gasteiger partial charge in [0.1, 0.15) is 0 Å². The maximum Gasteiger partial charge on any atom is -0.00137 e. The first-order chi connectivity index (χ1) is 12.1. The molecule has 0 heterocycles. The zero-order chi connectivity index (χ0) is 17.4. The molecule has 124 valence electrons. The van der Waals surface area contributed by atoms with Crippen molar-refractivity contribution in [3.8, 4) is 0 Å². The second-order valence-corrected chi connectivity index (χ2v) is 7.18. The monoisotopic (exact) mass is 324 g/mol. The summed E-state index contributed by atoms with van der Waals surface area (Å²) in [6.45, 7) is 8.79. The average Bonchev–Trinajstić information content (AvgIpc) is 3.20. The van der Waals surface area contributed by atoms with Gasteiger partial charge in [0, 0.05) is 0 Å². The quantitative estimate of drug-likeness (QED) is 0.594. The number of rotatable bonds is 4. The van der Waals surface area contributed by atoms with E-state index in [-0.39, 0.29) is 0 Å². The highest BCUT2D eigenvalue weighted by Crippen LogP contribution is 2.39. The Hall–Kier alpha value is -2.60. The SMILES string of the molecule is C=C(CC1=CCC=C1C1=Cc2ccccc2C1)c1c(C)cccc1C. The van der Waals surface area contributed by atoms with Crippen LogP contribution in [0.4, 0.5) is 0 Å². The number of hydrogen-bond acceptors (Lipinski definition) is 0. The van der Waals surface area contributed by atoms with Gasteiger partial charge < -0.3 is 0 Å². The van der Waals surface area contributed by atoms with E-state index in [2.05, 4.69) is 81.1 Å². The van der Waals surface area contributed by atoms with Gasteiger partial charge in [-0.05, 0) is 83.2 Å². The van der Waals surface area contributed by atoms with Crippen molar-refractivity contribution in [2.24, 2.45) is 0 Å². The lowest BCUT2D eigenvalue weighted by Gasteiger charge is -2.16. The van der Waals surface area contributed by atoms with E-state index >= 15 is 0 Å². The molecule has 25 heavy (non-hydrogen) atoms. The van der Waals surface area contributed by atoms with E-state index in [1.807, 2.05) is 0 Å². The first-order valence-electron chi connectivity index (χ1n) is 9.06. The Morgan fingerprint density at radius 2 is 1.72 bits per heavy atom. The summed E-state index contributed by atoms with van der Waals surface area (Å²) in [5.41, 5.74) is 12.3. The minimum Gasteiger partial charge on any atom is -0.0949 e. The summed E-state index contributed by atoms with van der Waals surface area (Å²) in [5, 5.41) is 0. The second kappa shape index (κ2) is 6.37. The van der Waals surface area contributed by atoms with Gasteiger partial charge in [0.05, 0.1) is 0 Å². The standard InChI is InChI=1S/C25H24/c1-17-8-6-9-18(2)25(17)19(3)14-22-12-7-13-24(22)23-15-20-10-4-5-11-21(20)16-23/h4-6,8-13,15H,3,7,14,16H2,1-2H3. The van der Waals surface area contributed by atoms with Crippen LogP contribution in [0.25, 0.3) is 11.6 Å². The smallest absolute Gasteiger partial charge is 0.00137 e. The molecule has 0 saturated heterocycles. The van der Waals surface area contributed by atoms with Crippen molar-refractivity contribution < 1.29 is 0 Å². The Morgan fingerprint density at radius 1 is 0.960 bits per heavy atom. The van der Waals surface area contributed by atoms with Gasteiger partial charge >= 0.3 is 0 Å². The molecule has 0 spiro atoms. The highest BCUT2D eigenvalue weighted by atomic mass is 14.3. The van der Waals surface area contributed by atoms with Crippen LogP contribution in [-0.2, 0) is 6.42 Å². The number of benzene rings is 2. The van der Waals surface area contributed by atoms with E-state index in [4.69, 9.17) is 0 Å². The number of hydrogen-bond donors (Lipinski definition) is 0. The largest absolute Gasteiger partial charge is 0.0949 e. The zero-order valence-electron chi connectivity index (χ0n) is 15.1. The molecule has 2 aromatic rings. The zero-order valence-corrected chi connectivity index (χ0v) is 15.1. The van der Waals surface area contributed by atoms with Gasteiger partial charge in [-0.15, -0.1) is 0 Å². The normalized spacial score (nSPS) is 15.5. The van der Waals surface area contributed by atoms with Gasteiger partial charge in [0.2, 0.25) is 0 Å². The molecule has 0 aliphatic heterocycles. The van der Waals surface area contributed by atoms with Crippen molar-refractivity contribution in [2.75, 3.05) is 0 Å². The first-order valence-corrected chi connectivity index (χ1v) is 9.06. The molecule has 2 aromatic carbocycles. The lowest BCUT2D eigenvalue weighted by atomic mass is 9.89. The predicted octanol–water partition coefficient (Wildman–Crippen LogP) is 6.60. The van der Waals surface area contributed by atoms with Crippen LogP contribution >= 0.6 is 0 Å². The van der Waals surface area contributed by atoms with Gasteiger partial charge in [0.15, 0.2) is 0 Å². The highest BCUT2D eigenvalue weighted by molar-refractivity contribution is 5.76. The number of allylic oxidation sites excluding steroid dienone is 6. The summed E-state index contributed by atoms with van der Waals surface area (Å²) < 4.78 is 0. The van der Waals surface area contributed by atoms with Crippen molar-refractivity contribution in [3.05, 3.63) is 106 Å². The van der Waals surface area contributed by atoms with Crippen molar-refractivity contribution in [1.82, 2.24) is 0 Å². The Labute approximate surface area is 150 Å². The molecule has 0 saturated carbocycles. The first kappa shape index (κ1) is 15.9. The summed E-state index contributed by atoms with van der Waals surface area (Å²) >= 11 is 0. The van der Waals surface area contributed by atoms with Crippen molar-refractivity contribution in [2.45, 2.75) is 33.1 Å². The van der Waals surface area contributed by atoms with Crippen LogP contribution in [0, 0.1) is 13.8 Å². The lowest BCUT2D eigenvalue weighted by molar-refractivity contribution is 1.16. The van der Waals surface area contributed by atoms with E-state index < -0.39 is 0 Å². The molecule has 0 amide bonds. The van der Waals surface area contributed by atoms with E-state index in [1.165, 1.54) is 50.1 Å². The lowest BCUT2D eigenvalue weighted by Crippen LogP contribution is -1.97. The molecular formula is C25H24. The van der Waals surface area contributed by atoms with Gasteiger partial charge in [0.25, 0.3) is 0 Å². The van der Waals surface area contributed by atoms with Crippen LogP contribution in [0.5, 0.6) is 0 Å². The Kier molecular flexibility index (Phi) is 4.05. The number of aryl methyl sites for hydroxylation is 2. The third kappa shape index (κ3) is 2.93. The van der Waals surface area contributed by atoms with Crippen molar-refractivity contribution in [1.29, 1.82) is 0 Å². The van der Waals surface area contributed by atoms with E-state index in [0.29, 0.717) is 0 Å². The molecule has 2 aliphatic rings. The van der Waals surface area contributed by atoms with Crippen LogP contribution in [0.3, 0.4) is 0 Å². The molecule has 0 bridgehead atoms. The van der Waals surface area contributed by atoms with Crippen LogP contribution in [0.15, 0.2) is 77.9 Å². The molecule has 0 unspecified atom stereocenters. The molecule has 0 N–H and O–H groups in total. The summed E-state index contributed by atoms with van der Waals surface area (Å²) in [7, 11) is 0. The van der Waals surface area contributed by atoms with E-state index in [9.17, 15) is 0 Å². The molecule has 4 rings (SSSR count). The molecule has 0 radical (unpaired) electrons. The third-order valence-corrected chi connectivity index (χ3v) is 5.38. The molecule has 0 heteroatoms. The van der Waals surface area contributed by atoms with Gasteiger partial charge in [-0.1, -0.05) is 67.3 Å². The Morgan fingerprint density at radius 3 is 2.48 bits per heavy atom. The Bertz CT molecular complexity index is 928. The maximum atomic E-state index is 4.42. The van der Waals surface area contributed by atoms with Crippen LogP contribution in [0.1, 0.15) is 40.7 Å². The highest BCUT2D eigenvalue weighted by Gasteiger charge is 2.21. The summed E-state index contributed by atoms with van der Waals surface area (Å²) in [5.74, 6) is 0. The molecule has 0 nitrogen and oxygen atoms in total.